The van der Waals surface area contributed by atoms with E-state index in [2.05, 4.69) is 12.2 Å². The number of hydrogen-bond donors (Lipinski definition) is 1. The SMILES string of the molecule is CC1CC1CNC/C(Cl)=C/Cl. The lowest BCUT2D eigenvalue weighted by Crippen LogP contribution is -2.18. The van der Waals surface area contributed by atoms with E-state index >= 15 is 0 Å². The van der Waals surface area contributed by atoms with Gasteiger partial charge in [0.15, 0.2) is 0 Å². The lowest BCUT2D eigenvalue weighted by Gasteiger charge is -2.00. The van der Waals surface area contributed by atoms with Crippen molar-refractivity contribution >= 4 is 23.2 Å². The Labute approximate surface area is 77.8 Å². The van der Waals surface area contributed by atoms with Crippen molar-refractivity contribution in [3.8, 4) is 0 Å². The zero-order valence-corrected chi connectivity index (χ0v) is 8.12. The molecule has 1 N–H and O–H groups in total. The van der Waals surface area contributed by atoms with Crippen molar-refractivity contribution in [1.82, 2.24) is 5.32 Å². The van der Waals surface area contributed by atoms with E-state index < -0.39 is 0 Å². The molecule has 0 bridgehead atoms. The highest BCUT2D eigenvalue weighted by atomic mass is 35.5. The fraction of sp³-hybridized carbons (Fsp3) is 0.750. The monoisotopic (exact) mass is 193 g/mol. The maximum absolute atomic E-state index is 5.67. The number of hydrogen-bond acceptors (Lipinski definition) is 1. The fourth-order valence-electron chi connectivity index (χ4n) is 1.10. The first-order chi connectivity index (χ1) is 5.24. The average Bonchev–Trinajstić information content (AvgIpc) is 2.66. The first-order valence-corrected chi connectivity index (χ1v) is 4.71. The lowest BCUT2D eigenvalue weighted by molar-refractivity contribution is 0.644. The molecule has 0 heterocycles. The molecule has 1 fully saturated rings. The molecule has 0 aromatic rings. The Kier molecular flexibility index (Phi) is 3.70. The van der Waals surface area contributed by atoms with Gasteiger partial charge in [0, 0.05) is 17.1 Å². The molecule has 0 amide bonds. The van der Waals surface area contributed by atoms with Crippen molar-refractivity contribution in [1.29, 1.82) is 0 Å². The minimum absolute atomic E-state index is 0.681. The van der Waals surface area contributed by atoms with E-state index in [0.29, 0.717) is 11.6 Å². The molecular weight excluding hydrogens is 181 g/mol. The van der Waals surface area contributed by atoms with Crippen molar-refractivity contribution in [2.45, 2.75) is 13.3 Å². The molecule has 1 nitrogen and oxygen atoms in total. The smallest absolute Gasteiger partial charge is 0.0431 e. The second-order valence-corrected chi connectivity index (χ2v) is 3.86. The van der Waals surface area contributed by atoms with Crippen molar-refractivity contribution in [2.75, 3.05) is 13.1 Å². The van der Waals surface area contributed by atoms with Crippen molar-refractivity contribution in [3.05, 3.63) is 10.6 Å². The highest BCUT2D eigenvalue weighted by Gasteiger charge is 2.31. The topological polar surface area (TPSA) is 12.0 Å². The number of nitrogens with one attached hydrogen (secondary N) is 1. The molecule has 1 saturated carbocycles. The van der Waals surface area contributed by atoms with Gasteiger partial charge in [0.1, 0.15) is 0 Å². The molecule has 64 valence electrons. The van der Waals surface area contributed by atoms with E-state index in [1.54, 1.807) is 0 Å². The Morgan fingerprint density at radius 3 is 2.82 bits per heavy atom. The molecular formula is C8H13Cl2N. The average molecular weight is 194 g/mol. The van der Waals surface area contributed by atoms with Gasteiger partial charge >= 0.3 is 0 Å². The zero-order valence-electron chi connectivity index (χ0n) is 6.61. The number of rotatable bonds is 4. The molecule has 0 aliphatic heterocycles. The van der Waals surface area contributed by atoms with Gasteiger partial charge in [-0.25, -0.2) is 0 Å². The molecule has 0 saturated heterocycles. The van der Waals surface area contributed by atoms with Crippen LogP contribution >= 0.6 is 23.2 Å². The van der Waals surface area contributed by atoms with E-state index in [4.69, 9.17) is 23.2 Å². The first kappa shape index (κ1) is 9.37. The van der Waals surface area contributed by atoms with Crippen molar-refractivity contribution in [2.24, 2.45) is 11.8 Å². The van der Waals surface area contributed by atoms with Gasteiger partial charge in [-0.3, -0.25) is 0 Å². The third-order valence-corrected chi connectivity index (χ3v) is 2.71. The summed E-state index contributed by atoms with van der Waals surface area (Å²) in [6.45, 7) is 4.04. The lowest BCUT2D eigenvalue weighted by atomic mass is 10.3. The maximum atomic E-state index is 5.67. The molecule has 2 atom stereocenters. The summed E-state index contributed by atoms with van der Waals surface area (Å²) >= 11 is 11.0. The number of halogens is 2. The Balaban J connectivity index is 1.96. The molecule has 3 heteroatoms. The van der Waals surface area contributed by atoms with Crippen LogP contribution in [0.1, 0.15) is 13.3 Å². The van der Waals surface area contributed by atoms with Gasteiger partial charge < -0.3 is 5.32 Å². The van der Waals surface area contributed by atoms with Crippen LogP contribution in [0.25, 0.3) is 0 Å². The Morgan fingerprint density at radius 1 is 1.73 bits per heavy atom. The zero-order chi connectivity index (χ0) is 8.27. The summed E-state index contributed by atoms with van der Waals surface area (Å²) in [6.07, 6.45) is 1.36. The Bertz CT molecular complexity index is 156. The quantitative estimate of drug-likeness (QED) is 0.725. The Hall–Kier alpha value is 0.280. The van der Waals surface area contributed by atoms with E-state index in [9.17, 15) is 0 Å². The van der Waals surface area contributed by atoms with Gasteiger partial charge in [-0.05, 0) is 24.8 Å². The van der Waals surface area contributed by atoms with Crippen molar-refractivity contribution in [3.63, 3.8) is 0 Å². The summed E-state index contributed by atoms with van der Waals surface area (Å²) in [5, 5.41) is 3.92. The first-order valence-electron chi connectivity index (χ1n) is 3.89. The predicted molar refractivity (Wildman–Crippen MR) is 49.9 cm³/mol. The summed E-state index contributed by atoms with van der Waals surface area (Å²) in [5.41, 5.74) is 1.41. The largest absolute Gasteiger partial charge is 0.311 e. The van der Waals surface area contributed by atoms with Gasteiger partial charge in [0.05, 0.1) is 0 Å². The van der Waals surface area contributed by atoms with Crippen LogP contribution in [0.2, 0.25) is 0 Å². The van der Waals surface area contributed by atoms with Crippen LogP contribution in [0.15, 0.2) is 10.6 Å². The van der Waals surface area contributed by atoms with Crippen LogP contribution in [0.3, 0.4) is 0 Å². The normalized spacial score (nSPS) is 30.6. The molecule has 1 rings (SSSR count). The fourth-order valence-corrected chi connectivity index (χ4v) is 1.27. The third-order valence-electron chi connectivity index (χ3n) is 2.09. The summed E-state index contributed by atoms with van der Waals surface area (Å²) in [7, 11) is 0. The van der Waals surface area contributed by atoms with E-state index in [1.165, 1.54) is 12.0 Å². The van der Waals surface area contributed by atoms with Gasteiger partial charge in [-0.15, -0.1) is 0 Å². The predicted octanol–water partition coefficient (Wildman–Crippen LogP) is 2.55. The van der Waals surface area contributed by atoms with Gasteiger partial charge in [-0.2, -0.15) is 0 Å². The molecule has 1 aliphatic rings. The van der Waals surface area contributed by atoms with Gasteiger partial charge in [0.25, 0.3) is 0 Å². The Morgan fingerprint density at radius 2 is 2.36 bits per heavy atom. The standard InChI is InChI=1S/C8H13Cl2N/c1-6-2-7(6)4-11-5-8(10)3-9/h3,6-7,11H,2,4-5H2,1H3/b8-3-. The second-order valence-electron chi connectivity index (χ2n) is 3.16. The molecule has 0 spiro atoms. The highest BCUT2D eigenvalue weighted by Crippen LogP contribution is 2.36. The second kappa shape index (κ2) is 4.34. The van der Waals surface area contributed by atoms with Crippen LogP contribution < -0.4 is 5.32 Å². The van der Waals surface area contributed by atoms with Crippen LogP contribution in [0, 0.1) is 11.8 Å². The summed E-state index contributed by atoms with van der Waals surface area (Å²) in [5.74, 6) is 1.77. The molecule has 2 unspecified atom stereocenters. The van der Waals surface area contributed by atoms with Crippen LogP contribution in [-0.4, -0.2) is 13.1 Å². The summed E-state index contributed by atoms with van der Waals surface area (Å²) < 4.78 is 0. The minimum atomic E-state index is 0.681. The van der Waals surface area contributed by atoms with E-state index in [-0.39, 0.29) is 0 Å². The van der Waals surface area contributed by atoms with Gasteiger partial charge in [0.2, 0.25) is 0 Å². The van der Waals surface area contributed by atoms with E-state index in [0.717, 1.165) is 18.4 Å². The van der Waals surface area contributed by atoms with Gasteiger partial charge in [-0.1, -0.05) is 30.1 Å². The van der Waals surface area contributed by atoms with E-state index in [1.807, 2.05) is 0 Å². The molecule has 0 aromatic carbocycles. The molecule has 0 aromatic heterocycles. The van der Waals surface area contributed by atoms with Crippen LogP contribution in [0.4, 0.5) is 0 Å². The molecule has 1 aliphatic carbocycles. The van der Waals surface area contributed by atoms with Crippen LogP contribution in [-0.2, 0) is 0 Å². The summed E-state index contributed by atoms with van der Waals surface area (Å²) in [6, 6.07) is 0. The maximum Gasteiger partial charge on any atom is 0.0431 e. The van der Waals surface area contributed by atoms with Crippen LogP contribution in [0.5, 0.6) is 0 Å². The van der Waals surface area contributed by atoms with Crippen molar-refractivity contribution < 1.29 is 0 Å². The third kappa shape index (κ3) is 3.46. The minimum Gasteiger partial charge on any atom is -0.311 e. The highest BCUT2D eigenvalue weighted by molar-refractivity contribution is 6.36. The molecule has 11 heavy (non-hydrogen) atoms. The molecule has 0 radical (unpaired) electrons. The summed E-state index contributed by atoms with van der Waals surface area (Å²) in [4.78, 5) is 0.